The number of hydrogen-bond donors (Lipinski definition) is 1. The first-order valence-electron chi connectivity index (χ1n) is 11.9. The summed E-state index contributed by atoms with van der Waals surface area (Å²) in [6.45, 7) is 6.95. The summed E-state index contributed by atoms with van der Waals surface area (Å²) in [6.07, 6.45) is 0.840. The zero-order valence-corrected chi connectivity index (χ0v) is 21.3. The van der Waals surface area contributed by atoms with Gasteiger partial charge in [0.15, 0.2) is 5.11 Å². The molecule has 7 heteroatoms. The highest BCUT2D eigenvalue weighted by Crippen LogP contribution is 2.38. The van der Waals surface area contributed by atoms with E-state index in [9.17, 15) is 4.39 Å². The van der Waals surface area contributed by atoms with Gasteiger partial charge in [0.1, 0.15) is 5.82 Å². The van der Waals surface area contributed by atoms with Gasteiger partial charge in [0.05, 0.1) is 11.6 Å². The Bertz CT molecular complexity index is 1430. The second-order valence-corrected chi connectivity index (χ2v) is 9.43. The Morgan fingerprint density at radius 3 is 2.44 bits per heavy atom. The first kappa shape index (κ1) is 23.9. The van der Waals surface area contributed by atoms with Crippen molar-refractivity contribution < 1.29 is 8.91 Å². The Kier molecular flexibility index (Phi) is 6.65. The van der Waals surface area contributed by atoms with Crippen LogP contribution in [0.2, 0.25) is 0 Å². The van der Waals surface area contributed by atoms with E-state index in [1.54, 1.807) is 12.1 Å². The second kappa shape index (κ2) is 10.0. The molecule has 0 bridgehead atoms. The number of aromatic nitrogens is 2. The summed E-state index contributed by atoms with van der Waals surface area (Å²) >= 11 is 5.83. The number of nitrogens with one attached hydrogen (secondary N) is 1. The fourth-order valence-corrected chi connectivity index (χ4v) is 4.80. The SMILES string of the molecule is CC1=C(c2nc(-c3ccc(F)cc3)no2)C(c2ccc(C)c(C)c2)NC(=S)N1CCc1ccccc1. The molecule has 182 valence electrons. The van der Waals surface area contributed by atoms with Gasteiger partial charge in [0.2, 0.25) is 5.82 Å². The minimum atomic E-state index is -0.310. The van der Waals surface area contributed by atoms with Crippen LogP contribution in [0.1, 0.15) is 41.1 Å². The summed E-state index contributed by atoms with van der Waals surface area (Å²) in [5.74, 6) is 0.512. The van der Waals surface area contributed by atoms with Crippen molar-refractivity contribution in [3.8, 4) is 11.4 Å². The van der Waals surface area contributed by atoms with Crippen LogP contribution in [0.4, 0.5) is 4.39 Å². The zero-order valence-electron chi connectivity index (χ0n) is 20.5. The van der Waals surface area contributed by atoms with E-state index in [2.05, 4.69) is 59.6 Å². The monoisotopic (exact) mass is 498 g/mol. The maximum atomic E-state index is 13.4. The molecule has 1 N–H and O–H groups in total. The first-order valence-corrected chi connectivity index (χ1v) is 12.3. The number of rotatable bonds is 6. The van der Waals surface area contributed by atoms with Crippen molar-refractivity contribution in [3.63, 3.8) is 0 Å². The average Bonchev–Trinajstić information content (AvgIpc) is 3.36. The van der Waals surface area contributed by atoms with E-state index < -0.39 is 0 Å². The molecule has 3 aromatic carbocycles. The molecule has 0 aliphatic carbocycles. The lowest BCUT2D eigenvalue weighted by atomic mass is 9.92. The molecule has 0 spiro atoms. The smallest absolute Gasteiger partial charge is 0.258 e. The lowest BCUT2D eigenvalue weighted by Gasteiger charge is -2.37. The molecule has 0 saturated heterocycles. The minimum Gasteiger partial charge on any atom is -0.351 e. The van der Waals surface area contributed by atoms with Crippen molar-refractivity contribution in [2.24, 2.45) is 0 Å². The highest BCUT2D eigenvalue weighted by molar-refractivity contribution is 7.80. The van der Waals surface area contributed by atoms with Gasteiger partial charge in [-0.25, -0.2) is 4.39 Å². The van der Waals surface area contributed by atoms with E-state index in [4.69, 9.17) is 21.7 Å². The molecule has 36 heavy (non-hydrogen) atoms. The summed E-state index contributed by atoms with van der Waals surface area (Å²) in [6, 6.07) is 22.5. The van der Waals surface area contributed by atoms with Crippen molar-refractivity contribution in [3.05, 3.63) is 112 Å². The second-order valence-electron chi connectivity index (χ2n) is 9.04. The molecule has 1 atom stereocenters. The molecular formula is C29H27FN4OS. The molecule has 1 aromatic heterocycles. The van der Waals surface area contributed by atoms with E-state index in [-0.39, 0.29) is 11.9 Å². The Morgan fingerprint density at radius 1 is 0.972 bits per heavy atom. The van der Waals surface area contributed by atoms with Gasteiger partial charge < -0.3 is 14.7 Å². The summed E-state index contributed by atoms with van der Waals surface area (Å²) < 4.78 is 19.2. The summed E-state index contributed by atoms with van der Waals surface area (Å²) in [5.41, 5.74) is 7.25. The molecule has 0 fully saturated rings. The lowest BCUT2D eigenvalue weighted by Crippen LogP contribution is -2.46. The highest BCUT2D eigenvalue weighted by Gasteiger charge is 2.34. The Labute approximate surface area is 215 Å². The van der Waals surface area contributed by atoms with Gasteiger partial charge in [0.25, 0.3) is 5.89 Å². The predicted molar refractivity (Wildman–Crippen MR) is 144 cm³/mol. The molecule has 5 rings (SSSR count). The third-order valence-electron chi connectivity index (χ3n) is 6.69. The van der Waals surface area contributed by atoms with E-state index in [0.717, 1.165) is 23.3 Å². The van der Waals surface area contributed by atoms with Crippen LogP contribution in [-0.2, 0) is 6.42 Å². The third kappa shape index (κ3) is 4.79. The number of aryl methyl sites for hydroxylation is 2. The Morgan fingerprint density at radius 2 is 1.72 bits per heavy atom. The van der Waals surface area contributed by atoms with Gasteiger partial charge in [-0.2, -0.15) is 4.98 Å². The van der Waals surface area contributed by atoms with Crippen LogP contribution in [0, 0.1) is 19.7 Å². The summed E-state index contributed by atoms with van der Waals surface area (Å²) in [4.78, 5) is 6.80. The number of hydrogen-bond acceptors (Lipinski definition) is 4. The van der Waals surface area contributed by atoms with E-state index >= 15 is 0 Å². The molecule has 0 saturated carbocycles. The molecule has 1 aliphatic heterocycles. The maximum absolute atomic E-state index is 13.4. The number of benzene rings is 3. The topological polar surface area (TPSA) is 54.2 Å². The molecule has 2 heterocycles. The van der Waals surface area contributed by atoms with E-state index in [1.165, 1.54) is 28.8 Å². The lowest BCUT2D eigenvalue weighted by molar-refractivity contribution is 0.397. The summed E-state index contributed by atoms with van der Waals surface area (Å²) in [5, 5.41) is 8.39. The van der Waals surface area contributed by atoms with Crippen LogP contribution in [-0.4, -0.2) is 26.7 Å². The van der Waals surface area contributed by atoms with Crippen LogP contribution < -0.4 is 5.32 Å². The van der Waals surface area contributed by atoms with Crippen LogP contribution >= 0.6 is 12.2 Å². The van der Waals surface area contributed by atoms with Crippen molar-refractivity contribution in [1.29, 1.82) is 0 Å². The Balaban J connectivity index is 1.56. The fraction of sp³-hybridized carbons (Fsp3) is 0.207. The third-order valence-corrected chi connectivity index (χ3v) is 7.02. The van der Waals surface area contributed by atoms with Gasteiger partial charge >= 0.3 is 0 Å². The minimum absolute atomic E-state index is 0.244. The number of halogens is 1. The fourth-order valence-electron chi connectivity index (χ4n) is 4.46. The van der Waals surface area contributed by atoms with Gasteiger partial charge in [-0.05, 0) is 85.9 Å². The number of thiocarbonyl (C=S) groups is 1. The quantitative estimate of drug-likeness (QED) is 0.311. The van der Waals surface area contributed by atoms with Crippen LogP contribution in [0.25, 0.3) is 17.0 Å². The van der Waals surface area contributed by atoms with Crippen LogP contribution in [0.3, 0.4) is 0 Å². The van der Waals surface area contributed by atoms with Gasteiger partial charge in [-0.15, -0.1) is 0 Å². The van der Waals surface area contributed by atoms with Crippen LogP contribution in [0.5, 0.6) is 0 Å². The normalized spacial score (nSPS) is 15.8. The first-order chi connectivity index (χ1) is 17.4. The molecule has 1 aliphatic rings. The van der Waals surface area contributed by atoms with Crippen molar-refractivity contribution in [2.45, 2.75) is 33.2 Å². The predicted octanol–water partition coefficient (Wildman–Crippen LogP) is 6.40. The van der Waals surface area contributed by atoms with Gasteiger partial charge in [0, 0.05) is 17.8 Å². The molecule has 5 nitrogen and oxygen atoms in total. The Hall–Kier alpha value is -3.84. The van der Waals surface area contributed by atoms with Crippen molar-refractivity contribution in [2.75, 3.05) is 6.54 Å². The zero-order chi connectivity index (χ0) is 25.2. The summed E-state index contributed by atoms with van der Waals surface area (Å²) in [7, 11) is 0. The standard InChI is InChI=1S/C29H27FN4OS/c1-18-9-10-23(17-19(18)2)26-25(28-32-27(33-35-28)22-11-13-24(30)14-12-22)20(3)34(29(36)31-26)16-15-21-7-5-4-6-8-21/h4-14,17,26H,15-16H2,1-3H3,(H,31,36). The highest BCUT2D eigenvalue weighted by atomic mass is 32.1. The molecule has 0 radical (unpaired) electrons. The van der Waals surface area contributed by atoms with E-state index in [0.29, 0.717) is 28.9 Å². The van der Waals surface area contributed by atoms with E-state index in [1.807, 2.05) is 25.1 Å². The number of allylic oxidation sites excluding steroid dienone is 1. The maximum Gasteiger partial charge on any atom is 0.258 e. The van der Waals surface area contributed by atoms with Crippen molar-refractivity contribution >= 4 is 22.9 Å². The molecule has 0 amide bonds. The molecule has 1 unspecified atom stereocenters. The van der Waals surface area contributed by atoms with Gasteiger partial charge in [-0.3, -0.25) is 0 Å². The van der Waals surface area contributed by atoms with Crippen molar-refractivity contribution in [1.82, 2.24) is 20.4 Å². The van der Waals surface area contributed by atoms with Crippen LogP contribution in [0.15, 0.2) is 83.0 Å². The molecule has 4 aromatic rings. The largest absolute Gasteiger partial charge is 0.351 e. The average molecular weight is 499 g/mol. The van der Waals surface area contributed by atoms with Gasteiger partial charge in [-0.1, -0.05) is 53.7 Å². The molecular weight excluding hydrogens is 471 g/mol. The number of nitrogens with zero attached hydrogens (tertiary/aromatic N) is 3.